The summed E-state index contributed by atoms with van der Waals surface area (Å²) in [5.74, 6) is 0.504. The Morgan fingerprint density at radius 1 is 1.12 bits per heavy atom. The molecule has 1 rings (SSSR count). The van der Waals surface area contributed by atoms with Crippen molar-refractivity contribution < 1.29 is 11.5 Å². The van der Waals surface area contributed by atoms with Crippen LogP contribution in [0.5, 0.6) is 5.75 Å². The zero-order chi connectivity index (χ0) is 19.5. The molecule has 0 bridgehead atoms. The van der Waals surface area contributed by atoms with Crippen LogP contribution in [0.4, 0.5) is 0 Å². The molecule has 3 nitrogen and oxygen atoms in total. The van der Waals surface area contributed by atoms with Crippen LogP contribution in [0.15, 0.2) is 40.3 Å². The van der Waals surface area contributed by atoms with Gasteiger partial charge in [0.05, 0.1) is 0 Å². The van der Waals surface area contributed by atoms with E-state index in [4.69, 9.17) is 3.07 Å². The first kappa shape index (κ1) is 23.2. The van der Waals surface area contributed by atoms with Crippen molar-refractivity contribution in [1.29, 1.82) is 0 Å². The number of aryl methyl sites for hydroxylation is 1. The Bertz CT molecular complexity index is 706. The van der Waals surface area contributed by atoms with Crippen molar-refractivity contribution in [3.8, 4) is 5.75 Å². The molecular formula is C21H31IO3S. The van der Waals surface area contributed by atoms with Crippen LogP contribution in [0.25, 0.3) is 0 Å². The second-order valence-electron chi connectivity index (χ2n) is 6.93. The molecule has 0 aliphatic heterocycles. The molecule has 0 saturated carbocycles. The molecule has 0 radical (unpaired) electrons. The van der Waals surface area contributed by atoms with Gasteiger partial charge in [-0.25, -0.2) is 8.42 Å². The third-order valence-electron chi connectivity index (χ3n) is 4.37. The molecule has 0 unspecified atom stereocenters. The second kappa shape index (κ2) is 12.5. The first-order valence-corrected chi connectivity index (χ1v) is 11.3. The Balaban J connectivity index is 3.01. The lowest BCUT2D eigenvalue weighted by atomic mass is 10.0. The van der Waals surface area contributed by atoms with Crippen molar-refractivity contribution in [2.75, 3.05) is 0 Å². The molecule has 0 N–H and O–H groups in total. The summed E-state index contributed by atoms with van der Waals surface area (Å²) in [4.78, 5) is 0.360. The molecule has 0 fully saturated rings. The van der Waals surface area contributed by atoms with Crippen molar-refractivity contribution in [1.82, 2.24) is 0 Å². The smallest absolute Gasteiger partial charge is 0.192 e. The summed E-state index contributed by atoms with van der Waals surface area (Å²) >= 11 is 1.79. The fourth-order valence-electron chi connectivity index (χ4n) is 2.84. The van der Waals surface area contributed by atoms with Gasteiger partial charge in [0.15, 0.2) is 39.5 Å². The molecule has 0 aromatic heterocycles. The van der Waals surface area contributed by atoms with Gasteiger partial charge < -0.3 is 3.07 Å². The molecule has 0 amide bonds. The summed E-state index contributed by atoms with van der Waals surface area (Å²) in [6, 6.07) is 3.97. The Hall–Kier alpha value is -0.820. The van der Waals surface area contributed by atoms with E-state index in [1.54, 1.807) is 23.0 Å². The lowest BCUT2D eigenvalue weighted by Gasteiger charge is -2.13. The summed E-state index contributed by atoms with van der Waals surface area (Å²) in [6.07, 6.45) is 11.1. The maximum Gasteiger partial charge on any atom is 0.192 e. The SMILES string of the molecule is CCCCCc1ccc(C/C=C(\C)CCC=C(C)C)c(OI)c1[SH](=O)=O. The Morgan fingerprint density at radius 2 is 1.81 bits per heavy atom. The number of unbranched alkanes of at least 4 members (excludes halogenated alkanes) is 2. The normalized spacial score (nSPS) is 11.7. The van der Waals surface area contributed by atoms with Crippen LogP contribution >= 0.6 is 23.0 Å². The maximum atomic E-state index is 11.9. The molecule has 0 saturated heterocycles. The van der Waals surface area contributed by atoms with E-state index in [-0.39, 0.29) is 0 Å². The van der Waals surface area contributed by atoms with E-state index in [1.165, 1.54) is 11.1 Å². The average Bonchev–Trinajstić information content (AvgIpc) is 2.59. The van der Waals surface area contributed by atoms with Gasteiger partial charge in [-0.3, -0.25) is 0 Å². The fraction of sp³-hybridized carbons (Fsp3) is 0.524. The van der Waals surface area contributed by atoms with Gasteiger partial charge in [-0.2, -0.15) is 0 Å². The molecule has 0 spiro atoms. The van der Waals surface area contributed by atoms with Crippen LogP contribution in [-0.4, -0.2) is 8.42 Å². The molecule has 1 aromatic rings. The van der Waals surface area contributed by atoms with Crippen LogP contribution in [0, 0.1) is 0 Å². The summed E-state index contributed by atoms with van der Waals surface area (Å²) in [7, 11) is -2.68. The van der Waals surface area contributed by atoms with E-state index in [0.29, 0.717) is 17.1 Å². The summed E-state index contributed by atoms with van der Waals surface area (Å²) in [5.41, 5.74) is 4.44. The maximum absolute atomic E-state index is 11.9. The van der Waals surface area contributed by atoms with Crippen molar-refractivity contribution >= 4 is 33.7 Å². The minimum atomic E-state index is -2.68. The zero-order valence-electron chi connectivity index (χ0n) is 16.3. The van der Waals surface area contributed by atoms with Crippen LogP contribution in [0.2, 0.25) is 0 Å². The van der Waals surface area contributed by atoms with Crippen molar-refractivity contribution in [2.45, 2.75) is 77.5 Å². The van der Waals surface area contributed by atoms with Gasteiger partial charge >= 0.3 is 0 Å². The van der Waals surface area contributed by atoms with Crippen molar-refractivity contribution in [3.63, 3.8) is 0 Å². The minimum absolute atomic E-state index is 0.360. The number of hydrogen-bond acceptors (Lipinski definition) is 3. The predicted octanol–water partition coefficient (Wildman–Crippen LogP) is 6.35. The monoisotopic (exact) mass is 490 g/mol. The van der Waals surface area contributed by atoms with Crippen molar-refractivity contribution in [2.24, 2.45) is 0 Å². The largest absolute Gasteiger partial charge is 0.426 e. The highest BCUT2D eigenvalue weighted by Crippen LogP contribution is 2.32. The first-order valence-electron chi connectivity index (χ1n) is 9.27. The molecule has 1 aromatic carbocycles. The number of hydrogen-bond donors (Lipinski definition) is 1. The molecule has 0 heterocycles. The molecular weight excluding hydrogens is 459 g/mol. The Kier molecular flexibility index (Phi) is 11.2. The van der Waals surface area contributed by atoms with Gasteiger partial charge in [0.1, 0.15) is 4.90 Å². The quantitative estimate of drug-likeness (QED) is 0.170. The van der Waals surface area contributed by atoms with Gasteiger partial charge in [-0.05, 0) is 58.4 Å². The summed E-state index contributed by atoms with van der Waals surface area (Å²) in [5, 5.41) is 0. The van der Waals surface area contributed by atoms with E-state index < -0.39 is 10.7 Å². The lowest BCUT2D eigenvalue weighted by Crippen LogP contribution is -1.99. The predicted molar refractivity (Wildman–Crippen MR) is 119 cm³/mol. The van der Waals surface area contributed by atoms with Gasteiger partial charge in [0.2, 0.25) is 0 Å². The van der Waals surface area contributed by atoms with E-state index >= 15 is 0 Å². The highest BCUT2D eigenvalue weighted by Gasteiger charge is 2.16. The van der Waals surface area contributed by atoms with Gasteiger partial charge in [-0.15, -0.1) is 0 Å². The van der Waals surface area contributed by atoms with E-state index in [2.05, 4.69) is 39.8 Å². The molecule has 0 aliphatic carbocycles. The molecule has 0 atom stereocenters. The van der Waals surface area contributed by atoms with Crippen molar-refractivity contribution in [3.05, 3.63) is 46.6 Å². The second-order valence-corrected chi connectivity index (χ2v) is 8.33. The minimum Gasteiger partial charge on any atom is -0.426 e. The summed E-state index contributed by atoms with van der Waals surface area (Å²) in [6.45, 7) is 8.48. The topological polar surface area (TPSA) is 43.4 Å². The molecule has 5 heteroatoms. The van der Waals surface area contributed by atoms with Crippen LogP contribution in [0.3, 0.4) is 0 Å². The highest BCUT2D eigenvalue weighted by atomic mass is 127. The van der Waals surface area contributed by atoms with Gasteiger partial charge in [-0.1, -0.05) is 55.2 Å². The van der Waals surface area contributed by atoms with E-state index in [0.717, 1.165) is 49.7 Å². The van der Waals surface area contributed by atoms with Crippen LogP contribution < -0.4 is 3.07 Å². The highest BCUT2D eigenvalue weighted by molar-refractivity contribution is 14.1. The number of benzene rings is 1. The molecule has 0 aliphatic rings. The van der Waals surface area contributed by atoms with E-state index in [9.17, 15) is 8.42 Å². The average molecular weight is 490 g/mol. The zero-order valence-corrected chi connectivity index (χ0v) is 19.4. The standard InChI is InChI=1S/C21H31IO3S/c1-5-6-7-11-19-15-14-18(20(25-22)21(19)26(23)24)13-12-17(4)10-8-9-16(2)3/h9,12,14-15,26H,5-8,10-11,13H2,1-4H3/b17-12+. The Labute approximate surface area is 174 Å². The molecule has 146 valence electrons. The van der Waals surface area contributed by atoms with Crippen LogP contribution in [-0.2, 0) is 23.5 Å². The first-order chi connectivity index (χ1) is 12.4. The molecule has 26 heavy (non-hydrogen) atoms. The van der Waals surface area contributed by atoms with Crippen LogP contribution in [0.1, 0.15) is 70.9 Å². The van der Waals surface area contributed by atoms with E-state index in [1.807, 2.05) is 12.1 Å². The number of thiol groups is 1. The lowest BCUT2D eigenvalue weighted by molar-refractivity contribution is 0.603. The Morgan fingerprint density at radius 3 is 2.38 bits per heavy atom. The number of halogens is 1. The number of rotatable bonds is 11. The summed E-state index contributed by atoms with van der Waals surface area (Å²) < 4.78 is 29.2. The third-order valence-corrected chi connectivity index (χ3v) is 5.66. The van der Waals surface area contributed by atoms with Gasteiger partial charge in [0.25, 0.3) is 0 Å². The number of allylic oxidation sites excluding steroid dienone is 4. The van der Waals surface area contributed by atoms with Gasteiger partial charge in [0, 0.05) is 5.56 Å². The third kappa shape index (κ3) is 7.82. The fourth-order valence-corrected chi connectivity index (χ4v) is 4.30.